The highest BCUT2D eigenvalue weighted by atomic mass is 16.6. The van der Waals surface area contributed by atoms with Gasteiger partial charge in [0, 0.05) is 30.1 Å². The molecule has 0 radical (unpaired) electrons. The standard InChI is InChI=1S/C17H17N5O4/c1-25-13-6-4-12(5-7-13)19-17(24)21-20-16(23)15-9-14(22-26-15)11-3-2-8-18-10-11/h2-8,10,15H,9H2,1H3,(H,20,23)(H2,19,21,24)/t15-/m0/s1. The first-order chi connectivity index (χ1) is 12.7. The molecule has 0 unspecified atom stereocenters. The van der Waals surface area contributed by atoms with Crippen LogP contribution in [0.2, 0.25) is 0 Å². The monoisotopic (exact) mass is 355 g/mol. The Balaban J connectivity index is 1.45. The van der Waals surface area contributed by atoms with E-state index >= 15 is 0 Å². The highest BCUT2D eigenvalue weighted by Gasteiger charge is 2.29. The van der Waals surface area contributed by atoms with Crippen LogP contribution in [0.5, 0.6) is 5.75 Å². The molecule has 0 fully saturated rings. The van der Waals surface area contributed by atoms with Crippen molar-refractivity contribution in [1.29, 1.82) is 0 Å². The number of pyridine rings is 1. The molecule has 9 nitrogen and oxygen atoms in total. The number of anilines is 1. The number of rotatable bonds is 4. The fourth-order valence-electron chi connectivity index (χ4n) is 2.26. The van der Waals surface area contributed by atoms with Gasteiger partial charge in [0.05, 0.1) is 12.8 Å². The number of nitrogens with zero attached hydrogens (tertiary/aromatic N) is 2. The highest BCUT2D eigenvalue weighted by molar-refractivity contribution is 6.04. The number of urea groups is 1. The normalized spacial score (nSPS) is 15.4. The fraction of sp³-hybridized carbons (Fsp3) is 0.176. The van der Waals surface area contributed by atoms with Crippen molar-refractivity contribution in [3.63, 3.8) is 0 Å². The lowest BCUT2D eigenvalue weighted by Gasteiger charge is -2.11. The summed E-state index contributed by atoms with van der Waals surface area (Å²) >= 11 is 0. The second-order valence-corrected chi connectivity index (χ2v) is 5.37. The molecule has 1 aliphatic rings. The topological polar surface area (TPSA) is 114 Å². The van der Waals surface area contributed by atoms with Gasteiger partial charge >= 0.3 is 6.03 Å². The summed E-state index contributed by atoms with van der Waals surface area (Å²) in [6.07, 6.45) is 2.77. The Morgan fingerprint density at radius 3 is 2.69 bits per heavy atom. The van der Waals surface area contributed by atoms with Gasteiger partial charge in [0.2, 0.25) is 6.10 Å². The number of ether oxygens (including phenoxy) is 1. The molecule has 0 saturated heterocycles. The van der Waals surface area contributed by atoms with Crippen molar-refractivity contribution < 1.29 is 19.2 Å². The van der Waals surface area contributed by atoms with Crippen molar-refractivity contribution >= 4 is 23.3 Å². The molecule has 9 heteroatoms. The van der Waals surface area contributed by atoms with Crippen LogP contribution >= 0.6 is 0 Å². The Hall–Kier alpha value is -3.62. The van der Waals surface area contributed by atoms with E-state index in [0.29, 0.717) is 23.6 Å². The number of hydrazine groups is 1. The third kappa shape index (κ3) is 4.26. The number of amides is 3. The number of carbonyl (C=O) groups excluding carboxylic acids is 2. The zero-order valence-corrected chi connectivity index (χ0v) is 13.9. The van der Waals surface area contributed by atoms with Crippen molar-refractivity contribution in [1.82, 2.24) is 15.8 Å². The number of benzene rings is 1. The summed E-state index contributed by atoms with van der Waals surface area (Å²) in [6.45, 7) is 0. The second-order valence-electron chi connectivity index (χ2n) is 5.37. The lowest BCUT2D eigenvalue weighted by molar-refractivity contribution is -0.131. The van der Waals surface area contributed by atoms with Gasteiger partial charge in [0.1, 0.15) is 5.75 Å². The molecule has 26 heavy (non-hydrogen) atoms. The summed E-state index contributed by atoms with van der Waals surface area (Å²) in [7, 11) is 1.55. The first-order valence-corrected chi connectivity index (χ1v) is 7.79. The molecule has 3 rings (SSSR count). The number of aromatic nitrogens is 1. The van der Waals surface area contributed by atoms with Crippen LogP contribution in [-0.2, 0) is 9.63 Å². The third-order valence-corrected chi connectivity index (χ3v) is 3.60. The predicted molar refractivity (Wildman–Crippen MR) is 93.6 cm³/mol. The van der Waals surface area contributed by atoms with Crippen LogP contribution in [0.3, 0.4) is 0 Å². The molecule has 3 amide bonds. The minimum atomic E-state index is -0.813. The molecule has 1 atom stereocenters. The van der Waals surface area contributed by atoms with E-state index in [1.165, 1.54) is 0 Å². The molecule has 0 bridgehead atoms. The van der Waals surface area contributed by atoms with Crippen LogP contribution < -0.4 is 20.9 Å². The molecule has 0 aliphatic carbocycles. The van der Waals surface area contributed by atoms with Gasteiger partial charge in [-0.25, -0.2) is 10.2 Å². The molecule has 1 aliphatic heterocycles. The molecular weight excluding hydrogens is 338 g/mol. The molecule has 2 aromatic rings. The molecule has 2 heterocycles. The molecule has 1 aromatic carbocycles. The maximum Gasteiger partial charge on any atom is 0.337 e. The van der Waals surface area contributed by atoms with E-state index in [1.807, 2.05) is 6.07 Å². The summed E-state index contributed by atoms with van der Waals surface area (Å²) in [5.74, 6) is 0.171. The van der Waals surface area contributed by atoms with Crippen molar-refractivity contribution in [3.8, 4) is 5.75 Å². The average Bonchev–Trinajstić information content (AvgIpc) is 3.18. The molecular formula is C17H17N5O4. The van der Waals surface area contributed by atoms with E-state index in [1.54, 1.807) is 49.8 Å². The molecule has 0 saturated carbocycles. The minimum Gasteiger partial charge on any atom is -0.497 e. The van der Waals surface area contributed by atoms with Crippen molar-refractivity contribution in [2.75, 3.05) is 12.4 Å². The van der Waals surface area contributed by atoms with E-state index in [4.69, 9.17) is 9.57 Å². The van der Waals surface area contributed by atoms with Gasteiger partial charge in [-0.2, -0.15) is 0 Å². The Kier molecular flexibility index (Phi) is 5.28. The quantitative estimate of drug-likeness (QED) is 0.718. The maximum atomic E-state index is 12.1. The van der Waals surface area contributed by atoms with Gasteiger partial charge in [-0.3, -0.25) is 15.2 Å². The first-order valence-electron chi connectivity index (χ1n) is 7.79. The minimum absolute atomic E-state index is 0.291. The second kappa shape index (κ2) is 7.97. The maximum absolute atomic E-state index is 12.1. The Morgan fingerprint density at radius 2 is 2.00 bits per heavy atom. The number of hydrogen-bond donors (Lipinski definition) is 3. The average molecular weight is 355 g/mol. The van der Waals surface area contributed by atoms with E-state index in [2.05, 4.69) is 26.3 Å². The summed E-state index contributed by atoms with van der Waals surface area (Å²) in [5, 5.41) is 6.47. The van der Waals surface area contributed by atoms with E-state index in [0.717, 1.165) is 5.56 Å². The van der Waals surface area contributed by atoms with Crippen molar-refractivity contribution in [2.45, 2.75) is 12.5 Å². The highest BCUT2D eigenvalue weighted by Crippen LogP contribution is 2.16. The number of nitrogens with one attached hydrogen (secondary N) is 3. The number of methoxy groups -OCH3 is 1. The lowest BCUT2D eigenvalue weighted by Crippen LogP contribution is -2.48. The van der Waals surface area contributed by atoms with Crippen LogP contribution in [-0.4, -0.2) is 35.8 Å². The summed E-state index contributed by atoms with van der Waals surface area (Å²) in [4.78, 5) is 33.0. The van der Waals surface area contributed by atoms with Gasteiger partial charge in [-0.15, -0.1) is 0 Å². The van der Waals surface area contributed by atoms with Crippen LogP contribution in [0.15, 0.2) is 53.9 Å². The zero-order chi connectivity index (χ0) is 18.4. The van der Waals surface area contributed by atoms with Crippen LogP contribution in [0, 0.1) is 0 Å². The summed E-state index contributed by atoms with van der Waals surface area (Å²) in [5.41, 5.74) is 6.53. The number of hydrogen-bond acceptors (Lipinski definition) is 6. The largest absolute Gasteiger partial charge is 0.497 e. The first kappa shape index (κ1) is 17.2. The molecule has 3 N–H and O–H groups in total. The third-order valence-electron chi connectivity index (χ3n) is 3.60. The van der Waals surface area contributed by atoms with Gasteiger partial charge < -0.3 is 14.9 Å². The van der Waals surface area contributed by atoms with Crippen molar-refractivity contribution in [2.24, 2.45) is 5.16 Å². The smallest absolute Gasteiger partial charge is 0.337 e. The van der Waals surface area contributed by atoms with E-state index in [9.17, 15) is 9.59 Å². The number of carbonyl (C=O) groups is 2. The lowest BCUT2D eigenvalue weighted by atomic mass is 10.1. The molecule has 134 valence electrons. The Morgan fingerprint density at radius 1 is 1.19 bits per heavy atom. The fourth-order valence-corrected chi connectivity index (χ4v) is 2.26. The zero-order valence-electron chi connectivity index (χ0n) is 13.9. The van der Waals surface area contributed by atoms with Crippen LogP contribution in [0.25, 0.3) is 0 Å². The van der Waals surface area contributed by atoms with Gasteiger partial charge in [-0.1, -0.05) is 5.16 Å². The van der Waals surface area contributed by atoms with E-state index < -0.39 is 18.0 Å². The van der Waals surface area contributed by atoms with E-state index in [-0.39, 0.29) is 0 Å². The van der Waals surface area contributed by atoms with Gasteiger partial charge in [0.15, 0.2) is 0 Å². The Labute approximate surface area is 149 Å². The predicted octanol–water partition coefficient (Wildman–Crippen LogP) is 1.44. The Bertz CT molecular complexity index is 808. The van der Waals surface area contributed by atoms with Crippen LogP contribution in [0.4, 0.5) is 10.5 Å². The van der Waals surface area contributed by atoms with Crippen molar-refractivity contribution in [3.05, 3.63) is 54.4 Å². The van der Waals surface area contributed by atoms with Gasteiger partial charge in [-0.05, 0) is 36.4 Å². The molecule has 1 aromatic heterocycles. The van der Waals surface area contributed by atoms with Gasteiger partial charge in [0.25, 0.3) is 5.91 Å². The SMILES string of the molecule is COc1ccc(NC(=O)NNC(=O)[C@@H]2CC(c3cccnc3)=NO2)cc1. The van der Waals surface area contributed by atoms with Crippen LogP contribution in [0.1, 0.15) is 12.0 Å². The number of oxime groups is 1. The molecule has 0 spiro atoms. The summed E-state index contributed by atoms with van der Waals surface area (Å²) < 4.78 is 5.04. The summed E-state index contributed by atoms with van der Waals surface area (Å²) in [6, 6.07) is 9.78.